The van der Waals surface area contributed by atoms with E-state index in [0.717, 1.165) is 11.1 Å². The van der Waals surface area contributed by atoms with E-state index in [1.807, 2.05) is 0 Å². The average molecular weight is 452 g/mol. The van der Waals surface area contributed by atoms with Crippen LogP contribution in [0.1, 0.15) is 22.3 Å². The highest BCUT2D eigenvalue weighted by atomic mass is 16.5. The zero-order chi connectivity index (χ0) is 23.5. The first-order chi connectivity index (χ1) is 15.8. The van der Waals surface area contributed by atoms with Crippen LogP contribution in [0.2, 0.25) is 0 Å². The van der Waals surface area contributed by atoms with Crippen molar-refractivity contribution in [2.75, 3.05) is 6.54 Å². The van der Waals surface area contributed by atoms with Gasteiger partial charge in [-0.05, 0) is 33.2 Å². The fraction of sp³-hybridized carbons (Fsp3) is 0.286. The summed E-state index contributed by atoms with van der Waals surface area (Å²) in [4.78, 5) is 36.5. The minimum absolute atomic E-state index is 0.0715. The van der Waals surface area contributed by atoms with E-state index in [2.05, 4.69) is 10.6 Å². The molecule has 2 heterocycles. The van der Waals surface area contributed by atoms with Crippen molar-refractivity contribution in [3.05, 3.63) is 58.7 Å². The Kier molecular flexibility index (Phi) is 6.80. The van der Waals surface area contributed by atoms with E-state index in [0.29, 0.717) is 22.1 Å². The maximum Gasteiger partial charge on any atom is 0.492 e. The van der Waals surface area contributed by atoms with Crippen molar-refractivity contribution in [1.82, 2.24) is 10.6 Å². The molecule has 0 radical (unpaired) electrons. The van der Waals surface area contributed by atoms with Crippen LogP contribution in [0.4, 0.5) is 0 Å². The van der Waals surface area contributed by atoms with Gasteiger partial charge >= 0.3 is 20.2 Å². The number of hydrogen-bond acceptors (Lipinski definition) is 7. The molecule has 12 heteroatoms. The summed E-state index contributed by atoms with van der Waals surface area (Å²) in [5.41, 5.74) is 3.78. The summed E-state index contributed by atoms with van der Waals surface area (Å²) in [6, 6.07) is 9.11. The number of carbonyl (C=O) groups excluding carboxylic acids is 2. The van der Waals surface area contributed by atoms with Crippen molar-refractivity contribution < 1.29 is 38.8 Å². The number of fused-ring (bicyclic) bond motifs is 2. The second-order valence-corrected chi connectivity index (χ2v) is 7.92. The Labute approximate surface area is 190 Å². The number of nitrogens with one attached hydrogen (secondary N) is 2. The second kappa shape index (κ2) is 9.75. The van der Waals surface area contributed by atoms with Gasteiger partial charge in [-0.15, -0.1) is 0 Å². The fourth-order valence-corrected chi connectivity index (χ4v) is 4.10. The van der Waals surface area contributed by atoms with Crippen LogP contribution in [-0.4, -0.2) is 59.8 Å². The lowest BCUT2D eigenvalue weighted by atomic mass is 9.75. The van der Waals surface area contributed by atoms with E-state index in [1.165, 1.54) is 0 Å². The maximum atomic E-state index is 12.5. The van der Waals surface area contributed by atoms with Gasteiger partial charge in [-0.25, -0.2) is 4.79 Å². The number of rotatable bonds is 8. The van der Waals surface area contributed by atoms with E-state index in [1.54, 1.807) is 36.4 Å². The van der Waals surface area contributed by atoms with Crippen molar-refractivity contribution in [3.8, 4) is 0 Å². The Morgan fingerprint density at radius 3 is 1.91 bits per heavy atom. The van der Waals surface area contributed by atoms with Crippen LogP contribution in [-0.2, 0) is 49.7 Å². The molecule has 5 N–H and O–H groups in total. The maximum absolute atomic E-state index is 12.5. The van der Waals surface area contributed by atoms with Crippen molar-refractivity contribution >= 4 is 42.9 Å². The SMILES string of the molecule is O=C(Cc1cccc2c1B(O)OC2)NC[C@H](NC(=O)Cc1cccc2c1B(O)OC2)C(=O)O. The molecule has 0 unspecified atom stereocenters. The molecule has 170 valence electrons. The van der Waals surface area contributed by atoms with Crippen molar-refractivity contribution in [3.63, 3.8) is 0 Å². The van der Waals surface area contributed by atoms with Gasteiger partial charge in [0.25, 0.3) is 0 Å². The summed E-state index contributed by atoms with van der Waals surface area (Å²) in [6.45, 7) is 0.184. The largest absolute Gasteiger partial charge is 0.492 e. The molecule has 0 fully saturated rings. The molecule has 2 aliphatic heterocycles. The highest BCUT2D eigenvalue weighted by molar-refractivity contribution is 6.62. The Hall–Kier alpha value is -3.18. The minimum atomic E-state index is -1.34. The van der Waals surface area contributed by atoms with Crippen molar-refractivity contribution in [2.45, 2.75) is 32.1 Å². The third kappa shape index (κ3) is 5.09. The molecule has 2 amide bonds. The number of hydrogen-bond donors (Lipinski definition) is 5. The van der Waals surface area contributed by atoms with Crippen LogP contribution in [0.15, 0.2) is 36.4 Å². The van der Waals surface area contributed by atoms with Crippen LogP contribution in [0.3, 0.4) is 0 Å². The number of carboxylic acid groups (broad SMARTS) is 1. The monoisotopic (exact) mass is 452 g/mol. The summed E-state index contributed by atoms with van der Waals surface area (Å²) in [5.74, 6) is -2.32. The van der Waals surface area contributed by atoms with Gasteiger partial charge in [-0.1, -0.05) is 36.4 Å². The molecule has 1 atom stereocenters. The van der Waals surface area contributed by atoms with Gasteiger partial charge in [0, 0.05) is 6.54 Å². The molecule has 4 rings (SSSR count). The number of benzene rings is 2. The summed E-state index contributed by atoms with van der Waals surface area (Å²) in [5, 5.41) is 34.3. The second-order valence-electron chi connectivity index (χ2n) is 7.92. The summed E-state index contributed by atoms with van der Waals surface area (Å²) >= 11 is 0. The first-order valence-electron chi connectivity index (χ1n) is 10.4. The van der Waals surface area contributed by atoms with Gasteiger partial charge < -0.3 is 35.1 Å². The molecule has 2 aliphatic rings. The number of aliphatic carboxylic acids is 1. The molecule has 0 aromatic heterocycles. The van der Waals surface area contributed by atoms with Gasteiger partial charge in [0.2, 0.25) is 11.8 Å². The van der Waals surface area contributed by atoms with Crippen LogP contribution in [0, 0.1) is 0 Å². The predicted molar refractivity (Wildman–Crippen MR) is 118 cm³/mol. The van der Waals surface area contributed by atoms with E-state index < -0.39 is 38.1 Å². The van der Waals surface area contributed by atoms with E-state index in [4.69, 9.17) is 9.31 Å². The molecule has 10 nitrogen and oxygen atoms in total. The minimum Gasteiger partial charge on any atom is -0.480 e. The van der Waals surface area contributed by atoms with E-state index in [9.17, 15) is 29.5 Å². The van der Waals surface area contributed by atoms with Crippen molar-refractivity contribution in [1.29, 1.82) is 0 Å². The zero-order valence-corrected chi connectivity index (χ0v) is 17.6. The van der Waals surface area contributed by atoms with Gasteiger partial charge in [-0.2, -0.15) is 0 Å². The standard InChI is InChI=1S/C21H22B2N2O8/c26-17(7-12-3-1-5-14-10-32-22(30)19(12)14)24-9-16(21(28)29)25-18(27)8-13-4-2-6-15-11-33-23(31)20(13)15/h1-6,16,30-31H,7-11H2,(H,24,26)(H,25,27)(H,28,29)/t16-/m0/s1. The molecule has 2 aromatic rings. The lowest BCUT2D eigenvalue weighted by Crippen LogP contribution is -2.49. The van der Waals surface area contributed by atoms with Crippen LogP contribution >= 0.6 is 0 Å². The van der Waals surface area contributed by atoms with Crippen LogP contribution in [0.5, 0.6) is 0 Å². The molecule has 0 spiro atoms. The number of amides is 2. The van der Waals surface area contributed by atoms with Gasteiger partial charge in [0.05, 0.1) is 26.1 Å². The molecular formula is C21H22B2N2O8. The van der Waals surface area contributed by atoms with Gasteiger partial charge in [0.15, 0.2) is 0 Å². The topological polar surface area (TPSA) is 154 Å². The predicted octanol–water partition coefficient (Wildman–Crippen LogP) is -2.41. The summed E-state index contributed by atoms with van der Waals surface area (Å²) in [6.07, 6.45) is -0.215. The molecule has 2 aromatic carbocycles. The smallest absolute Gasteiger partial charge is 0.480 e. The lowest BCUT2D eigenvalue weighted by Gasteiger charge is -2.16. The molecule has 33 heavy (non-hydrogen) atoms. The van der Waals surface area contributed by atoms with Crippen molar-refractivity contribution in [2.24, 2.45) is 0 Å². The Balaban J connectivity index is 1.34. The molecule has 0 aliphatic carbocycles. The highest BCUT2D eigenvalue weighted by Crippen LogP contribution is 2.14. The average Bonchev–Trinajstić information content (AvgIpc) is 3.35. The Morgan fingerprint density at radius 1 is 0.879 bits per heavy atom. The molecular weight excluding hydrogens is 430 g/mol. The fourth-order valence-electron chi connectivity index (χ4n) is 4.10. The lowest BCUT2D eigenvalue weighted by molar-refractivity contribution is -0.141. The Morgan fingerprint density at radius 2 is 1.39 bits per heavy atom. The van der Waals surface area contributed by atoms with Gasteiger partial charge in [-0.3, -0.25) is 9.59 Å². The first kappa shape index (κ1) is 23.0. The number of carbonyl (C=O) groups is 3. The third-order valence-corrected chi connectivity index (χ3v) is 5.70. The van der Waals surface area contributed by atoms with Crippen LogP contribution < -0.4 is 21.6 Å². The Bertz CT molecular complexity index is 1100. The number of carboxylic acids is 1. The normalized spacial score (nSPS) is 15.1. The third-order valence-electron chi connectivity index (χ3n) is 5.70. The van der Waals surface area contributed by atoms with E-state index in [-0.39, 0.29) is 32.6 Å². The first-order valence-corrected chi connectivity index (χ1v) is 10.4. The highest BCUT2D eigenvalue weighted by Gasteiger charge is 2.32. The van der Waals surface area contributed by atoms with Crippen LogP contribution in [0.25, 0.3) is 0 Å². The quantitative estimate of drug-likeness (QED) is 0.278. The van der Waals surface area contributed by atoms with E-state index >= 15 is 0 Å². The molecule has 0 saturated carbocycles. The molecule has 0 saturated heterocycles. The summed E-state index contributed by atoms with van der Waals surface area (Å²) < 4.78 is 10.3. The van der Waals surface area contributed by atoms with Gasteiger partial charge in [0.1, 0.15) is 6.04 Å². The summed E-state index contributed by atoms with van der Waals surface area (Å²) in [7, 11) is -2.22. The molecule has 0 bridgehead atoms. The zero-order valence-electron chi connectivity index (χ0n) is 17.6.